The molecule has 1 heterocycles. The Morgan fingerprint density at radius 1 is 1.29 bits per heavy atom. The molecular weight excluding hydrogens is 277 g/mol. The molecule has 2 rings (SSSR count). The van der Waals surface area contributed by atoms with Crippen molar-refractivity contribution in [3.05, 3.63) is 48.0 Å². The van der Waals surface area contributed by atoms with Crippen LogP contribution in [0.5, 0.6) is 0 Å². The van der Waals surface area contributed by atoms with Crippen molar-refractivity contribution in [1.82, 2.24) is 9.78 Å². The monoisotopic (exact) mass is 290 g/mol. The van der Waals surface area contributed by atoms with Gasteiger partial charge in [0.15, 0.2) is 0 Å². The lowest BCUT2D eigenvalue weighted by atomic mass is 10.2. The van der Waals surface area contributed by atoms with Crippen LogP contribution in [0.15, 0.2) is 36.7 Å². The number of aromatic nitrogens is 2. The Balaban J connectivity index is 1.91. The maximum atomic E-state index is 12.8. The van der Waals surface area contributed by atoms with E-state index in [4.69, 9.17) is 0 Å². The third kappa shape index (κ3) is 4.41. The molecule has 0 spiro atoms. The van der Waals surface area contributed by atoms with Crippen molar-refractivity contribution in [1.29, 1.82) is 0 Å². The lowest BCUT2D eigenvalue weighted by Crippen LogP contribution is -2.22. The van der Waals surface area contributed by atoms with E-state index >= 15 is 0 Å². The summed E-state index contributed by atoms with van der Waals surface area (Å²) in [6, 6.07) is 5.18. The highest BCUT2D eigenvalue weighted by Gasteiger charge is 2.07. The summed E-state index contributed by atoms with van der Waals surface area (Å²) in [6.45, 7) is 0.417. The van der Waals surface area contributed by atoms with E-state index < -0.39 is 11.8 Å². The number of carbonyl (C=O) groups excluding carboxylic acids is 2. The maximum Gasteiger partial charge on any atom is 0.255 e. The predicted molar refractivity (Wildman–Crippen MR) is 70.8 cm³/mol. The summed E-state index contributed by atoms with van der Waals surface area (Å²) in [5.41, 5.74) is 0.818. The predicted octanol–water partition coefficient (Wildman–Crippen LogP) is 0.805. The summed E-state index contributed by atoms with van der Waals surface area (Å²) in [5, 5.41) is 16.9. The molecule has 110 valence electrons. The lowest BCUT2D eigenvalue weighted by molar-refractivity contribution is -0.305. The van der Waals surface area contributed by atoms with Gasteiger partial charge in [-0.25, -0.2) is 4.39 Å². The van der Waals surface area contributed by atoms with Crippen LogP contribution < -0.4 is 10.4 Å². The van der Waals surface area contributed by atoms with Gasteiger partial charge in [0.05, 0.1) is 11.9 Å². The van der Waals surface area contributed by atoms with Gasteiger partial charge in [0.1, 0.15) is 5.82 Å². The Hall–Kier alpha value is -2.70. The topological polar surface area (TPSA) is 87.0 Å². The molecule has 0 aliphatic rings. The van der Waals surface area contributed by atoms with E-state index in [1.807, 2.05) is 0 Å². The fourth-order valence-electron chi connectivity index (χ4n) is 1.74. The second kappa shape index (κ2) is 6.65. The van der Waals surface area contributed by atoms with Crippen LogP contribution in [0.25, 0.3) is 0 Å². The Bertz CT molecular complexity index is 637. The number of halogens is 1. The molecule has 0 bridgehead atoms. The van der Waals surface area contributed by atoms with Crippen LogP contribution >= 0.6 is 0 Å². The number of benzene rings is 1. The van der Waals surface area contributed by atoms with Crippen LogP contribution in [0.1, 0.15) is 23.2 Å². The van der Waals surface area contributed by atoms with Gasteiger partial charge in [0.25, 0.3) is 5.91 Å². The highest BCUT2D eigenvalue weighted by molar-refractivity contribution is 6.04. The van der Waals surface area contributed by atoms with E-state index in [2.05, 4.69) is 10.4 Å². The Kier molecular flexibility index (Phi) is 4.65. The van der Waals surface area contributed by atoms with Gasteiger partial charge >= 0.3 is 0 Å². The van der Waals surface area contributed by atoms with Gasteiger partial charge in [-0.2, -0.15) is 5.10 Å². The molecule has 1 N–H and O–H groups in total. The maximum absolute atomic E-state index is 12.8. The fraction of sp³-hybridized carbons (Fsp3) is 0.214. The van der Waals surface area contributed by atoms with Gasteiger partial charge in [0.2, 0.25) is 0 Å². The number of hydrogen-bond acceptors (Lipinski definition) is 4. The van der Waals surface area contributed by atoms with Crippen LogP contribution in [0.3, 0.4) is 0 Å². The molecule has 7 heteroatoms. The van der Waals surface area contributed by atoms with Crippen molar-refractivity contribution in [3.8, 4) is 0 Å². The molecule has 0 radical (unpaired) electrons. The van der Waals surface area contributed by atoms with Gasteiger partial charge in [-0.05, 0) is 37.1 Å². The van der Waals surface area contributed by atoms with Crippen LogP contribution in [0.4, 0.5) is 10.1 Å². The number of nitrogens with one attached hydrogen (secondary N) is 1. The summed E-state index contributed by atoms with van der Waals surface area (Å²) in [6.07, 6.45) is 3.41. The largest absolute Gasteiger partial charge is 0.550 e. The molecule has 1 aromatic heterocycles. The van der Waals surface area contributed by atoms with Crippen molar-refractivity contribution >= 4 is 17.6 Å². The van der Waals surface area contributed by atoms with Gasteiger partial charge in [0, 0.05) is 24.3 Å². The minimum Gasteiger partial charge on any atom is -0.550 e. The number of aliphatic carboxylic acids is 1. The van der Waals surface area contributed by atoms with E-state index in [-0.39, 0.29) is 12.3 Å². The first-order valence-electron chi connectivity index (χ1n) is 6.34. The average molecular weight is 290 g/mol. The van der Waals surface area contributed by atoms with Crippen molar-refractivity contribution in [2.24, 2.45) is 0 Å². The summed E-state index contributed by atoms with van der Waals surface area (Å²) >= 11 is 0. The van der Waals surface area contributed by atoms with Gasteiger partial charge in [-0.15, -0.1) is 0 Å². The number of carboxylic acid groups (broad SMARTS) is 1. The van der Waals surface area contributed by atoms with E-state index in [1.165, 1.54) is 35.1 Å². The number of amides is 1. The van der Waals surface area contributed by atoms with Crippen molar-refractivity contribution in [3.63, 3.8) is 0 Å². The highest BCUT2D eigenvalue weighted by Crippen LogP contribution is 2.09. The number of carbonyl (C=O) groups is 2. The first-order valence-corrected chi connectivity index (χ1v) is 6.34. The number of nitrogens with zero attached hydrogens (tertiary/aromatic N) is 2. The molecule has 0 atom stereocenters. The number of carboxylic acids is 1. The second-order valence-electron chi connectivity index (χ2n) is 4.43. The lowest BCUT2D eigenvalue weighted by Gasteiger charge is -2.03. The Morgan fingerprint density at radius 3 is 2.67 bits per heavy atom. The molecular formula is C14H13FN3O3-. The molecule has 1 amide bonds. The smallest absolute Gasteiger partial charge is 0.255 e. The molecule has 2 aromatic rings. The minimum absolute atomic E-state index is 0.0445. The van der Waals surface area contributed by atoms with Crippen LogP contribution in [0, 0.1) is 5.82 Å². The first-order chi connectivity index (χ1) is 10.0. The molecule has 0 unspecified atom stereocenters. The zero-order valence-corrected chi connectivity index (χ0v) is 11.1. The Labute approximate surface area is 120 Å². The van der Waals surface area contributed by atoms with E-state index in [0.717, 1.165) is 0 Å². The van der Waals surface area contributed by atoms with Gasteiger partial charge in [-0.3, -0.25) is 9.48 Å². The molecule has 0 fully saturated rings. The van der Waals surface area contributed by atoms with Crippen molar-refractivity contribution in [2.75, 3.05) is 5.32 Å². The van der Waals surface area contributed by atoms with E-state index in [1.54, 1.807) is 6.20 Å². The van der Waals surface area contributed by atoms with Crippen LogP contribution in [0.2, 0.25) is 0 Å². The summed E-state index contributed by atoms with van der Waals surface area (Å²) in [7, 11) is 0. The summed E-state index contributed by atoms with van der Waals surface area (Å²) in [5.74, 6) is -1.89. The molecule has 6 nitrogen and oxygen atoms in total. The summed E-state index contributed by atoms with van der Waals surface area (Å²) < 4.78 is 14.3. The number of anilines is 1. The molecule has 21 heavy (non-hydrogen) atoms. The molecule has 0 aliphatic carbocycles. The highest BCUT2D eigenvalue weighted by atomic mass is 19.1. The third-order valence-electron chi connectivity index (χ3n) is 2.77. The normalized spacial score (nSPS) is 10.3. The second-order valence-corrected chi connectivity index (χ2v) is 4.43. The number of rotatable bonds is 6. The summed E-state index contributed by atoms with van der Waals surface area (Å²) in [4.78, 5) is 22.2. The zero-order valence-electron chi connectivity index (χ0n) is 11.1. The molecule has 0 saturated carbocycles. The molecule has 0 aliphatic heterocycles. The average Bonchev–Trinajstić information content (AvgIpc) is 2.86. The van der Waals surface area contributed by atoms with Gasteiger partial charge < -0.3 is 15.2 Å². The van der Waals surface area contributed by atoms with Crippen LogP contribution in [-0.2, 0) is 11.3 Å². The molecule has 1 aromatic carbocycles. The zero-order chi connectivity index (χ0) is 15.2. The van der Waals surface area contributed by atoms with E-state index in [9.17, 15) is 19.1 Å². The van der Waals surface area contributed by atoms with Gasteiger partial charge in [-0.1, -0.05) is 0 Å². The van der Waals surface area contributed by atoms with E-state index in [0.29, 0.717) is 24.2 Å². The number of hydrogen-bond donors (Lipinski definition) is 1. The Morgan fingerprint density at radius 2 is 2.00 bits per heavy atom. The number of aryl methyl sites for hydroxylation is 1. The third-order valence-corrected chi connectivity index (χ3v) is 2.77. The van der Waals surface area contributed by atoms with Crippen molar-refractivity contribution in [2.45, 2.75) is 19.4 Å². The minimum atomic E-state index is -1.10. The first kappa shape index (κ1) is 14.7. The fourth-order valence-corrected chi connectivity index (χ4v) is 1.74. The standard InChI is InChI=1S/C14H14FN3O3/c15-11-5-3-10(4-6-11)14(21)17-12-8-16-18(9-12)7-1-2-13(19)20/h3-6,8-9H,1-2,7H2,(H,17,21)(H,19,20)/p-1. The quantitative estimate of drug-likeness (QED) is 0.852. The van der Waals surface area contributed by atoms with Crippen molar-refractivity contribution < 1.29 is 19.1 Å². The SMILES string of the molecule is O=C([O-])CCCn1cc(NC(=O)c2ccc(F)cc2)cn1. The van der Waals surface area contributed by atoms with Crippen LogP contribution in [-0.4, -0.2) is 21.7 Å². The molecule has 0 saturated heterocycles.